The molecule has 0 fully saturated rings. The van der Waals surface area contributed by atoms with E-state index in [4.69, 9.17) is 4.74 Å². The minimum atomic E-state index is 0.910. The van der Waals surface area contributed by atoms with Crippen molar-refractivity contribution in [2.75, 3.05) is 7.11 Å². The molecule has 0 amide bonds. The Morgan fingerprint density at radius 1 is 0.750 bits per heavy atom. The highest BCUT2D eigenvalue weighted by Gasteiger charge is 1.79. The van der Waals surface area contributed by atoms with Gasteiger partial charge in [0.25, 0.3) is 0 Å². The van der Waals surface area contributed by atoms with Crippen molar-refractivity contribution < 1.29 is 4.74 Å². The first-order chi connectivity index (χ1) is 7.85. The standard InChI is InChI=1S/C7H12O.4C2H6/c1-4-6-7(5-2)8-3;4*1-2/h4-6H,1-3H3;4*1-2H3/b6-4-,7-5+;;;;. The maximum atomic E-state index is 4.91. The molecule has 0 heterocycles. The quantitative estimate of drug-likeness (QED) is 0.406. The number of rotatable bonds is 2. The predicted octanol–water partition coefficient (Wildman–Crippen LogP) is 6.22. The number of ether oxygens (including phenoxy) is 1. The first-order valence-electron chi connectivity index (χ1n) is 6.68. The molecular formula is C15H36O. The molecule has 0 aromatic carbocycles. The van der Waals surface area contributed by atoms with Gasteiger partial charge in [-0.2, -0.15) is 0 Å². The van der Waals surface area contributed by atoms with Gasteiger partial charge in [-0.05, 0) is 26.0 Å². The maximum absolute atomic E-state index is 4.91. The average molecular weight is 232 g/mol. The first-order valence-corrected chi connectivity index (χ1v) is 6.68. The first kappa shape index (κ1) is 29.5. The van der Waals surface area contributed by atoms with E-state index in [2.05, 4.69) is 0 Å². The lowest BCUT2D eigenvalue weighted by atomic mass is 10.4. The second-order valence-corrected chi connectivity index (χ2v) is 1.40. The molecule has 0 aliphatic heterocycles. The van der Waals surface area contributed by atoms with E-state index in [0.29, 0.717) is 0 Å². The molecule has 0 aromatic rings. The van der Waals surface area contributed by atoms with E-state index >= 15 is 0 Å². The van der Waals surface area contributed by atoms with Crippen molar-refractivity contribution in [2.24, 2.45) is 0 Å². The molecule has 0 aromatic heterocycles. The summed E-state index contributed by atoms with van der Waals surface area (Å²) >= 11 is 0. The average Bonchev–Trinajstić information content (AvgIpc) is 2.45. The molecule has 0 saturated heterocycles. The van der Waals surface area contributed by atoms with E-state index in [9.17, 15) is 0 Å². The Kier molecular flexibility index (Phi) is 118. The molecule has 0 atom stereocenters. The molecule has 0 N–H and O–H groups in total. The fourth-order valence-electron chi connectivity index (χ4n) is 0.446. The molecule has 0 radical (unpaired) electrons. The summed E-state index contributed by atoms with van der Waals surface area (Å²) in [6, 6.07) is 0. The fraction of sp³-hybridized carbons (Fsp3) is 0.733. The topological polar surface area (TPSA) is 9.23 Å². The Labute approximate surface area is 106 Å². The summed E-state index contributed by atoms with van der Waals surface area (Å²) in [4.78, 5) is 0. The van der Waals surface area contributed by atoms with Crippen LogP contribution in [0.1, 0.15) is 69.2 Å². The summed E-state index contributed by atoms with van der Waals surface area (Å²) in [6.45, 7) is 19.9. The van der Waals surface area contributed by atoms with Gasteiger partial charge in [0, 0.05) is 0 Å². The Bertz CT molecular complexity index is 99.2. The van der Waals surface area contributed by atoms with Crippen molar-refractivity contribution in [1.82, 2.24) is 0 Å². The molecule has 0 aliphatic rings. The van der Waals surface area contributed by atoms with E-state index in [1.165, 1.54) is 0 Å². The molecule has 1 heteroatoms. The van der Waals surface area contributed by atoms with Crippen molar-refractivity contribution in [1.29, 1.82) is 0 Å². The van der Waals surface area contributed by atoms with Crippen LogP contribution in [0.5, 0.6) is 0 Å². The van der Waals surface area contributed by atoms with Crippen LogP contribution in [0.2, 0.25) is 0 Å². The molecule has 0 spiro atoms. The summed E-state index contributed by atoms with van der Waals surface area (Å²) in [7, 11) is 1.66. The zero-order valence-electron chi connectivity index (χ0n) is 13.6. The van der Waals surface area contributed by atoms with Gasteiger partial charge in [0.05, 0.1) is 7.11 Å². The van der Waals surface area contributed by atoms with Gasteiger partial charge in [-0.15, -0.1) is 0 Å². The lowest BCUT2D eigenvalue weighted by molar-refractivity contribution is 0.306. The van der Waals surface area contributed by atoms with Gasteiger partial charge in [0.2, 0.25) is 0 Å². The number of allylic oxidation sites excluding steroid dienone is 3. The van der Waals surface area contributed by atoms with E-state index in [1.807, 2.05) is 87.5 Å². The van der Waals surface area contributed by atoms with Crippen LogP contribution in [0, 0.1) is 0 Å². The highest BCUT2D eigenvalue weighted by Crippen LogP contribution is 1.94. The van der Waals surface area contributed by atoms with Crippen LogP contribution in [0.4, 0.5) is 0 Å². The van der Waals surface area contributed by atoms with Gasteiger partial charge in [0.1, 0.15) is 5.76 Å². The Hall–Kier alpha value is -0.720. The third kappa shape index (κ3) is 50.8. The van der Waals surface area contributed by atoms with Gasteiger partial charge in [-0.3, -0.25) is 0 Å². The van der Waals surface area contributed by atoms with E-state index < -0.39 is 0 Å². The van der Waals surface area contributed by atoms with Gasteiger partial charge in [0.15, 0.2) is 0 Å². The van der Waals surface area contributed by atoms with E-state index in [0.717, 1.165) is 5.76 Å². The van der Waals surface area contributed by atoms with Crippen LogP contribution >= 0.6 is 0 Å². The Morgan fingerprint density at radius 2 is 1.06 bits per heavy atom. The predicted molar refractivity (Wildman–Crippen MR) is 81.0 cm³/mol. The van der Waals surface area contributed by atoms with Crippen LogP contribution in [0.15, 0.2) is 24.0 Å². The van der Waals surface area contributed by atoms with Crippen LogP contribution in [-0.2, 0) is 4.74 Å². The fourth-order valence-corrected chi connectivity index (χ4v) is 0.446. The van der Waals surface area contributed by atoms with Crippen molar-refractivity contribution in [2.45, 2.75) is 69.2 Å². The van der Waals surface area contributed by atoms with Crippen LogP contribution < -0.4 is 0 Å². The van der Waals surface area contributed by atoms with Gasteiger partial charge in [-0.1, -0.05) is 61.5 Å². The van der Waals surface area contributed by atoms with Gasteiger partial charge < -0.3 is 4.74 Å². The second-order valence-electron chi connectivity index (χ2n) is 1.40. The molecule has 0 aliphatic carbocycles. The summed E-state index contributed by atoms with van der Waals surface area (Å²) < 4.78 is 4.91. The van der Waals surface area contributed by atoms with E-state index in [-0.39, 0.29) is 0 Å². The Morgan fingerprint density at radius 3 is 1.12 bits per heavy atom. The summed E-state index contributed by atoms with van der Waals surface area (Å²) in [5.41, 5.74) is 0. The molecular weight excluding hydrogens is 196 g/mol. The smallest absolute Gasteiger partial charge is 0.114 e. The van der Waals surface area contributed by atoms with E-state index in [1.54, 1.807) is 7.11 Å². The van der Waals surface area contributed by atoms with Gasteiger partial charge in [-0.25, -0.2) is 0 Å². The maximum Gasteiger partial charge on any atom is 0.114 e. The summed E-state index contributed by atoms with van der Waals surface area (Å²) in [5.74, 6) is 0.910. The summed E-state index contributed by atoms with van der Waals surface area (Å²) in [6.07, 6.45) is 5.78. The van der Waals surface area contributed by atoms with Crippen molar-refractivity contribution >= 4 is 0 Å². The number of hydrogen-bond acceptors (Lipinski definition) is 1. The lowest BCUT2D eigenvalue weighted by Crippen LogP contribution is -1.77. The van der Waals surface area contributed by atoms with Crippen LogP contribution in [-0.4, -0.2) is 7.11 Å². The SMILES string of the molecule is C/C=C\C(=C/C)OC.CC.CC.CC.CC. The molecule has 0 rings (SSSR count). The lowest BCUT2D eigenvalue weighted by Gasteiger charge is -1.94. The van der Waals surface area contributed by atoms with Crippen molar-refractivity contribution in [3.05, 3.63) is 24.0 Å². The molecule has 0 unspecified atom stereocenters. The second kappa shape index (κ2) is 63.9. The van der Waals surface area contributed by atoms with Crippen molar-refractivity contribution in [3.63, 3.8) is 0 Å². The normalized spacial score (nSPS) is 7.81. The largest absolute Gasteiger partial charge is 0.497 e. The van der Waals surface area contributed by atoms with Crippen LogP contribution in [0.25, 0.3) is 0 Å². The zero-order chi connectivity index (χ0) is 14.4. The third-order valence-corrected chi connectivity index (χ3v) is 0.851. The number of methoxy groups -OCH3 is 1. The number of hydrogen-bond donors (Lipinski definition) is 0. The van der Waals surface area contributed by atoms with Crippen LogP contribution in [0.3, 0.4) is 0 Å². The van der Waals surface area contributed by atoms with Gasteiger partial charge >= 0.3 is 0 Å². The molecule has 0 saturated carbocycles. The zero-order valence-corrected chi connectivity index (χ0v) is 13.6. The third-order valence-electron chi connectivity index (χ3n) is 0.851. The monoisotopic (exact) mass is 232 g/mol. The molecule has 102 valence electrons. The minimum absolute atomic E-state index is 0.910. The highest BCUT2D eigenvalue weighted by atomic mass is 16.5. The Balaban J connectivity index is -0.0000000426. The molecule has 16 heavy (non-hydrogen) atoms. The summed E-state index contributed by atoms with van der Waals surface area (Å²) in [5, 5.41) is 0. The highest BCUT2D eigenvalue weighted by molar-refractivity contribution is 5.09. The minimum Gasteiger partial charge on any atom is -0.497 e. The molecule has 1 nitrogen and oxygen atoms in total. The van der Waals surface area contributed by atoms with Crippen molar-refractivity contribution in [3.8, 4) is 0 Å². The molecule has 0 bridgehead atoms.